The highest BCUT2D eigenvalue weighted by Crippen LogP contribution is 2.06. The van der Waals surface area contributed by atoms with Gasteiger partial charge >= 0.3 is 11.9 Å². The molecule has 0 bridgehead atoms. The van der Waals surface area contributed by atoms with Crippen LogP contribution in [0.1, 0.15) is 32.6 Å². The van der Waals surface area contributed by atoms with Crippen molar-refractivity contribution in [1.82, 2.24) is 16.0 Å². The molecule has 0 aromatic carbocycles. The van der Waals surface area contributed by atoms with Crippen LogP contribution >= 0.6 is 11.8 Å². The van der Waals surface area contributed by atoms with Gasteiger partial charge in [-0.1, -0.05) is 0 Å². The van der Waals surface area contributed by atoms with Crippen molar-refractivity contribution in [2.45, 2.75) is 62.9 Å². The fourth-order valence-electron chi connectivity index (χ4n) is 2.47. The van der Waals surface area contributed by atoms with E-state index in [1.807, 2.05) is 5.32 Å². The van der Waals surface area contributed by atoms with Gasteiger partial charge in [0.1, 0.15) is 24.2 Å². The van der Waals surface area contributed by atoms with Crippen LogP contribution in [0, 0.1) is 0 Å². The highest BCUT2D eigenvalue weighted by Gasteiger charge is 2.31. The summed E-state index contributed by atoms with van der Waals surface area (Å²) >= 11 is 1.37. The Hall–Kier alpha value is -2.91. The lowest BCUT2D eigenvalue weighted by atomic mass is 10.1. The van der Waals surface area contributed by atoms with Crippen molar-refractivity contribution in [3.63, 3.8) is 0 Å². The third kappa shape index (κ3) is 12.1. The number of primary amides is 1. The first kappa shape index (κ1) is 30.1. The maximum absolute atomic E-state index is 12.8. The summed E-state index contributed by atoms with van der Waals surface area (Å²) in [6.07, 6.45) is -0.969. The smallest absolute Gasteiger partial charge is 0.326 e. The van der Waals surface area contributed by atoms with Crippen molar-refractivity contribution >= 4 is 47.3 Å². The summed E-state index contributed by atoms with van der Waals surface area (Å²) in [6, 6.07) is -5.65. The molecule has 0 radical (unpaired) electrons. The molecule has 0 fully saturated rings. The molecule has 0 saturated heterocycles. The molecule has 0 aromatic heterocycles. The van der Waals surface area contributed by atoms with Crippen LogP contribution in [-0.2, 0) is 28.8 Å². The Morgan fingerprint density at radius 1 is 0.879 bits per heavy atom. The lowest BCUT2D eigenvalue weighted by Gasteiger charge is -2.25. The van der Waals surface area contributed by atoms with Crippen molar-refractivity contribution in [2.75, 3.05) is 12.0 Å². The first-order valence-corrected chi connectivity index (χ1v) is 11.3. The molecule has 4 amide bonds. The number of carbonyl (C=O) groups is 6. The minimum Gasteiger partial charge on any atom is -0.481 e. The number of carboxylic acid groups (broad SMARTS) is 2. The monoisotopic (exact) mass is 493 g/mol. The van der Waals surface area contributed by atoms with E-state index in [4.69, 9.17) is 21.7 Å². The molecule has 5 atom stereocenters. The number of thioether (sulfide) groups is 1. The van der Waals surface area contributed by atoms with E-state index in [2.05, 4.69) is 10.6 Å². The lowest BCUT2D eigenvalue weighted by molar-refractivity contribution is -0.144. The van der Waals surface area contributed by atoms with Gasteiger partial charge in [-0.2, -0.15) is 11.8 Å². The van der Waals surface area contributed by atoms with Gasteiger partial charge in [-0.25, -0.2) is 4.79 Å². The molecule has 0 aliphatic rings. The van der Waals surface area contributed by atoms with Crippen molar-refractivity contribution in [3.8, 4) is 0 Å². The molecule has 0 rings (SSSR count). The van der Waals surface area contributed by atoms with E-state index in [-0.39, 0.29) is 6.42 Å². The summed E-state index contributed by atoms with van der Waals surface area (Å²) in [7, 11) is 0. The Morgan fingerprint density at radius 2 is 1.36 bits per heavy atom. The van der Waals surface area contributed by atoms with Crippen molar-refractivity contribution in [1.29, 1.82) is 0 Å². The number of nitrogens with two attached hydrogens (primary N) is 2. The van der Waals surface area contributed by atoms with E-state index < -0.39 is 85.1 Å². The molecule has 0 aliphatic carbocycles. The molecule has 0 saturated carbocycles. The Labute approximate surface area is 194 Å². The highest BCUT2D eigenvalue weighted by atomic mass is 32.2. The average Bonchev–Trinajstić information content (AvgIpc) is 2.71. The highest BCUT2D eigenvalue weighted by molar-refractivity contribution is 7.98. The molecule has 0 aliphatic heterocycles. The van der Waals surface area contributed by atoms with Gasteiger partial charge in [0, 0.05) is 6.42 Å². The fraction of sp³-hybridized carbons (Fsp3) is 0.667. The number of amides is 4. The Morgan fingerprint density at radius 3 is 1.79 bits per heavy atom. The largest absolute Gasteiger partial charge is 0.481 e. The average molecular weight is 494 g/mol. The Kier molecular flexibility index (Phi) is 13.7. The summed E-state index contributed by atoms with van der Waals surface area (Å²) < 4.78 is 0. The number of hydrogen-bond acceptors (Lipinski definition) is 9. The van der Waals surface area contributed by atoms with Crippen LogP contribution in [0.25, 0.3) is 0 Å². The molecule has 5 unspecified atom stereocenters. The molecule has 10 N–H and O–H groups in total. The van der Waals surface area contributed by atoms with E-state index in [0.717, 1.165) is 0 Å². The van der Waals surface area contributed by atoms with Crippen LogP contribution in [0.5, 0.6) is 0 Å². The first-order chi connectivity index (χ1) is 15.3. The second-order valence-electron chi connectivity index (χ2n) is 7.17. The molecule has 14 nitrogen and oxygen atoms in total. The number of rotatable bonds is 16. The van der Waals surface area contributed by atoms with Gasteiger partial charge in [-0.05, 0) is 31.8 Å². The third-order valence-corrected chi connectivity index (χ3v) is 5.01. The number of carbonyl (C=O) groups excluding carboxylic acids is 4. The van der Waals surface area contributed by atoms with E-state index in [0.29, 0.717) is 5.75 Å². The Balaban J connectivity index is 5.56. The fourth-order valence-corrected chi connectivity index (χ4v) is 2.95. The predicted octanol–water partition coefficient (Wildman–Crippen LogP) is -3.27. The lowest BCUT2D eigenvalue weighted by Crippen LogP contribution is -2.58. The summed E-state index contributed by atoms with van der Waals surface area (Å²) in [5.74, 6) is -6.11. The standard InChI is InChI=1S/C18H31N5O9S/c1-8(24)14(20)17(30)22-10(5-6-33-2)16(29)21-9(3-4-13(26)27)15(28)23-11(18(31)32)7-12(19)25/h8-11,14,24H,3-7,20H2,1-2H3,(H2,19,25)(H,21,29)(H,22,30)(H,23,28)(H,26,27)(H,31,32). The zero-order valence-electron chi connectivity index (χ0n) is 18.3. The van der Waals surface area contributed by atoms with Crippen LogP contribution in [-0.4, -0.2) is 93.2 Å². The summed E-state index contributed by atoms with van der Waals surface area (Å²) in [5.41, 5.74) is 10.5. The van der Waals surface area contributed by atoms with E-state index in [9.17, 15) is 33.9 Å². The zero-order chi connectivity index (χ0) is 25.7. The molecular weight excluding hydrogens is 462 g/mol. The molecule has 33 heavy (non-hydrogen) atoms. The van der Waals surface area contributed by atoms with Gasteiger partial charge < -0.3 is 42.7 Å². The predicted molar refractivity (Wildman–Crippen MR) is 117 cm³/mol. The summed E-state index contributed by atoms with van der Waals surface area (Å²) in [4.78, 5) is 70.8. The second-order valence-corrected chi connectivity index (χ2v) is 8.16. The van der Waals surface area contributed by atoms with Gasteiger partial charge in [-0.15, -0.1) is 0 Å². The third-order valence-electron chi connectivity index (χ3n) is 4.37. The zero-order valence-corrected chi connectivity index (χ0v) is 19.1. The SMILES string of the molecule is CSCCC(NC(=O)C(N)C(C)O)C(=O)NC(CCC(=O)O)C(=O)NC(CC(N)=O)C(=O)O. The van der Waals surface area contributed by atoms with Crippen molar-refractivity contribution < 1.29 is 44.1 Å². The van der Waals surface area contributed by atoms with Crippen molar-refractivity contribution in [2.24, 2.45) is 11.5 Å². The normalized spacial score (nSPS) is 15.3. The molecule has 188 valence electrons. The Bertz CT molecular complexity index is 734. The van der Waals surface area contributed by atoms with E-state index >= 15 is 0 Å². The van der Waals surface area contributed by atoms with Crippen LogP contribution in [0.2, 0.25) is 0 Å². The number of carboxylic acids is 2. The van der Waals surface area contributed by atoms with Crippen molar-refractivity contribution in [3.05, 3.63) is 0 Å². The maximum atomic E-state index is 12.8. The summed E-state index contributed by atoms with van der Waals surface area (Å²) in [5, 5.41) is 34.3. The second kappa shape index (κ2) is 15.0. The first-order valence-electron chi connectivity index (χ1n) is 9.86. The van der Waals surface area contributed by atoms with Gasteiger partial charge in [0.2, 0.25) is 23.6 Å². The molecule has 0 spiro atoms. The van der Waals surface area contributed by atoms with Gasteiger partial charge in [-0.3, -0.25) is 24.0 Å². The van der Waals surface area contributed by atoms with Gasteiger partial charge in [0.15, 0.2) is 0 Å². The van der Waals surface area contributed by atoms with Crippen LogP contribution in [0.3, 0.4) is 0 Å². The maximum Gasteiger partial charge on any atom is 0.326 e. The molecule has 0 aromatic rings. The van der Waals surface area contributed by atoms with E-state index in [1.165, 1.54) is 18.7 Å². The van der Waals surface area contributed by atoms with Gasteiger partial charge in [0.25, 0.3) is 0 Å². The number of nitrogens with one attached hydrogen (secondary N) is 3. The molecule has 15 heteroatoms. The van der Waals surface area contributed by atoms with Crippen LogP contribution in [0.15, 0.2) is 0 Å². The van der Waals surface area contributed by atoms with Crippen LogP contribution in [0.4, 0.5) is 0 Å². The topological polar surface area (TPSA) is 251 Å². The molecular formula is C18H31N5O9S. The quantitative estimate of drug-likeness (QED) is 0.106. The van der Waals surface area contributed by atoms with Gasteiger partial charge in [0.05, 0.1) is 12.5 Å². The minimum atomic E-state index is -1.68. The number of aliphatic carboxylic acids is 2. The summed E-state index contributed by atoms with van der Waals surface area (Å²) in [6.45, 7) is 1.29. The number of hydrogen-bond donors (Lipinski definition) is 8. The minimum absolute atomic E-state index is 0.123. The number of aliphatic hydroxyl groups excluding tert-OH is 1. The van der Waals surface area contributed by atoms with E-state index in [1.54, 1.807) is 6.26 Å². The van der Waals surface area contributed by atoms with Crippen LogP contribution < -0.4 is 27.4 Å². The molecule has 0 heterocycles. The number of aliphatic hydroxyl groups is 1.